The Morgan fingerprint density at radius 3 is 2.63 bits per heavy atom. The molecule has 19 heavy (non-hydrogen) atoms. The Morgan fingerprint density at radius 2 is 2.00 bits per heavy atom. The fraction of sp³-hybridized carbons (Fsp3) is 0.533. The summed E-state index contributed by atoms with van der Waals surface area (Å²) in [5.41, 5.74) is 1.15. The predicted molar refractivity (Wildman–Crippen MR) is 72.5 cm³/mol. The molecule has 0 heterocycles. The average Bonchev–Trinajstić information content (AvgIpc) is 2.77. The number of amides is 1. The van der Waals surface area contributed by atoms with Gasteiger partial charge in [0.05, 0.1) is 6.10 Å². The summed E-state index contributed by atoms with van der Waals surface area (Å²) in [6, 6.07) is 9.90. The van der Waals surface area contributed by atoms with Gasteiger partial charge in [0.15, 0.2) is 0 Å². The molecule has 0 unspecified atom stereocenters. The van der Waals surface area contributed by atoms with E-state index in [1.807, 2.05) is 30.3 Å². The molecule has 3 N–H and O–H groups in total. The molecule has 1 saturated carbocycles. The zero-order valence-corrected chi connectivity index (χ0v) is 11.0. The molecule has 1 amide bonds. The highest BCUT2D eigenvalue weighted by atomic mass is 16.3. The van der Waals surface area contributed by atoms with Crippen LogP contribution in [0.4, 0.5) is 0 Å². The van der Waals surface area contributed by atoms with E-state index < -0.39 is 6.10 Å². The summed E-state index contributed by atoms with van der Waals surface area (Å²) in [4.78, 5) is 11.8. The summed E-state index contributed by atoms with van der Waals surface area (Å²) < 4.78 is 0. The minimum atomic E-state index is -0.496. The van der Waals surface area contributed by atoms with Crippen LogP contribution in [0.3, 0.4) is 0 Å². The Bertz CT molecular complexity index is 407. The van der Waals surface area contributed by atoms with Gasteiger partial charge in [0.1, 0.15) is 0 Å². The highest BCUT2D eigenvalue weighted by molar-refractivity contribution is 5.76. The van der Waals surface area contributed by atoms with E-state index in [0.717, 1.165) is 12.0 Å². The summed E-state index contributed by atoms with van der Waals surface area (Å²) in [6.07, 6.45) is 1.90. The maximum atomic E-state index is 11.8. The van der Waals surface area contributed by atoms with Gasteiger partial charge in [0.2, 0.25) is 5.91 Å². The highest BCUT2D eigenvalue weighted by Gasteiger charge is 2.32. The number of aliphatic hydroxyl groups is 2. The van der Waals surface area contributed by atoms with E-state index in [1.165, 1.54) is 0 Å². The van der Waals surface area contributed by atoms with Crippen molar-refractivity contribution in [2.24, 2.45) is 5.92 Å². The van der Waals surface area contributed by atoms with Crippen LogP contribution in [0, 0.1) is 5.92 Å². The molecule has 1 aromatic carbocycles. The van der Waals surface area contributed by atoms with Gasteiger partial charge in [-0.2, -0.15) is 0 Å². The third kappa shape index (κ3) is 4.04. The highest BCUT2D eigenvalue weighted by Crippen LogP contribution is 2.25. The summed E-state index contributed by atoms with van der Waals surface area (Å²) in [5, 5.41) is 21.7. The molecule has 4 nitrogen and oxygen atoms in total. The maximum Gasteiger partial charge on any atom is 0.220 e. The number of hydrogen-bond acceptors (Lipinski definition) is 3. The monoisotopic (exact) mass is 263 g/mol. The zero-order valence-electron chi connectivity index (χ0n) is 11.0. The van der Waals surface area contributed by atoms with Gasteiger partial charge in [-0.3, -0.25) is 4.79 Å². The lowest BCUT2D eigenvalue weighted by molar-refractivity contribution is -0.121. The summed E-state index contributed by atoms with van der Waals surface area (Å²) in [5.74, 6) is -0.0842. The number of rotatable bonds is 5. The maximum absolute atomic E-state index is 11.8. The summed E-state index contributed by atoms with van der Waals surface area (Å²) in [7, 11) is 0. The van der Waals surface area contributed by atoms with Crippen molar-refractivity contribution in [2.75, 3.05) is 6.61 Å². The molecular formula is C15H21NO3. The van der Waals surface area contributed by atoms with Gasteiger partial charge in [-0.15, -0.1) is 0 Å². The zero-order chi connectivity index (χ0) is 13.7. The lowest BCUT2D eigenvalue weighted by Crippen LogP contribution is -2.33. The van der Waals surface area contributed by atoms with Crippen LogP contribution in [0.2, 0.25) is 0 Å². The van der Waals surface area contributed by atoms with Crippen LogP contribution in [0.1, 0.15) is 24.8 Å². The predicted octanol–water partition coefficient (Wildman–Crippen LogP) is 0.867. The first-order valence-electron chi connectivity index (χ1n) is 6.81. The Labute approximate surface area is 113 Å². The van der Waals surface area contributed by atoms with Crippen LogP contribution in [-0.4, -0.2) is 34.9 Å². The van der Waals surface area contributed by atoms with Crippen LogP contribution in [0.15, 0.2) is 30.3 Å². The normalized spacial score (nSPS) is 26.3. The van der Waals surface area contributed by atoms with Crippen molar-refractivity contribution in [1.82, 2.24) is 5.32 Å². The molecule has 104 valence electrons. The third-order valence-electron chi connectivity index (χ3n) is 3.74. The van der Waals surface area contributed by atoms with Gasteiger partial charge in [-0.25, -0.2) is 0 Å². The molecule has 1 aliphatic rings. The third-order valence-corrected chi connectivity index (χ3v) is 3.74. The molecule has 1 aromatic rings. The van der Waals surface area contributed by atoms with E-state index >= 15 is 0 Å². The van der Waals surface area contributed by atoms with Crippen LogP contribution < -0.4 is 5.32 Å². The van der Waals surface area contributed by atoms with E-state index in [4.69, 9.17) is 5.11 Å². The molecule has 1 aliphatic carbocycles. The molecule has 2 rings (SSSR count). The van der Waals surface area contributed by atoms with Gasteiger partial charge in [-0.1, -0.05) is 30.3 Å². The lowest BCUT2D eigenvalue weighted by atomic mass is 10.1. The fourth-order valence-electron chi connectivity index (χ4n) is 2.62. The first-order valence-corrected chi connectivity index (χ1v) is 6.81. The van der Waals surface area contributed by atoms with Crippen LogP contribution in [0.5, 0.6) is 0 Å². The lowest BCUT2D eigenvalue weighted by Gasteiger charge is -2.12. The van der Waals surface area contributed by atoms with E-state index in [9.17, 15) is 9.90 Å². The average molecular weight is 263 g/mol. The summed E-state index contributed by atoms with van der Waals surface area (Å²) >= 11 is 0. The van der Waals surface area contributed by atoms with Crippen molar-refractivity contribution in [2.45, 2.75) is 37.8 Å². The molecule has 0 radical (unpaired) electrons. The van der Waals surface area contributed by atoms with Crippen molar-refractivity contribution in [3.8, 4) is 0 Å². The number of carbonyl (C=O) groups is 1. The number of hydrogen-bond donors (Lipinski definition) is 3. The molecule has 0 spiro atoms. The first-order chi connectivity index (χ1) is 9.19. The fourth-order valence-corrected chi connectivity index (χ4v) is 2.62. The van der Waals surface area contributed by atoms with Crippen molar-refractivity contribution < 1.29 is 15.0 Å². The van der Waals surface area contributed by atoms with E-state index in [1.54, 1.807) is 0 Å². The van der Waals surface area contributed by atoms with E-state index in [-0.39, 0.29) is 24.5 Å². The molecule has 0 aliphatic heterocycles. The number of nitrogens with one attached hydrogen (secondary N) is 1. The number of aryl methyl sites for hydroxylation is 1. The Balaban J connectivity index is 1.73. The largest absolute Gasteiger partial charge is 0.396 e. The molecular weight excluding hydrogens is 242 g/mol. The number of benzene rings is 1. The van der Waals surface area contributed by atoms with E-state index in [0.29, 0.717) is 19.3 Å². The van der Waals surface area contributed by atoms with Gasteiger partial charge in [0, 0.05) is 25.0 Å². The second-order valence-electron chi connectivity index (χ2n) is 5.23. The molecule has 0 bridgehead atoms. The molecule has 3 atom stereocenters. The van der Waals surface area contributed by atoms with Crippen LogP contribution in [-0.2, 0) is 11.2 Å². The number of carbonyl (C=O) groups excluding carboxylic acids is 1. The van der Waals surface area contributed by atoms with Crippen molar-refractivity contribution in [3.63, 3.8) is 0 Å². The standard InChI is InChI=1S/C15H21NO3/c17-10-12-8-13(9-14(12)18)16-15(19)7-6-11-4-2-1-3-5-11/h1-5,12-14,17-18H,6-10H2,(H,16,19)/t12-,13+,14+/m0/s1. The Kier molecular flexibility index (Phi) is 4.93. The van der Waals surface area contributed by atoms with Gasteiger partial charge >= 0.3 is 0 Å². The van der Waals surface area contributed by atoms with Crippen LogP contribution in [0.25, 0.3) is 0 Å². The smallest absolute Gasteiger partial charge is 0.220 e. The van der Waals surface area contributed by atoms with Gasteiger partial charge < -0.3 is 15.5 Å². The molecule has 1 fully saturated rings. The molecule has 4 heteroatoms. The second kappa shape index (κ2) is 6.68. The van der Waals surface area contributed by atoms with Crippen molar-refractivity contribution in [3.05, 3.63) is 35.9 Å². The Morgan fingerprint density at radius 1 is 1.26 bits per heavy atom. The molecule has 0 aromatic heterocycles. The minimum absolute atomic E-state index is 0.00424. The quantitative estimate of drug-likeness (QED) is 0.738. The minimum Gasteiger partial charge on any atom is -0.396 e. The molecule has 0 saturated heterocycles. The van der Waals surface area contributed by atoms with Gasteiger partial charge in [0.25, 0.3) is 0 Å². The van der Waals surface area contributed by atoms with Crippen molar-refractivity contribution >= 4 is 5.91 Å². The SMILES string of the molecule is O=C(CCc1ccccc1)N[C@@H]1C[C@@H](CO)[C@H](O)C1. The van der Waals surface area contributed by atoms with Gasteiger partial charge in [-0.05, 0) is 24.8 Å². The van der Waals surface area contributed by atoms with Crippen molar-refractivity contribution in [1.29, 1.82) is 0 Å². The van der Waals surface area contributed by atoms with E-state index in [2.05, 4.69) is 5.32 Å². The second-order valence-corrected chi connectivity index (χ2v) is 5.23. The summed E-state index contributed by atoms with van der Waals surface area (Å²) in [6.45, 7) is -0.0163. The number of aliphatic hydroxyl groups excluding tert-OH is 2. The van der Waals surface area contributed by atoms with Crippen LogP contribution >= 0.6 is 0 Å². The topological polar surface area (TPSA) is 69.6 Å². The Hall–Kier alpha value is -1.39. The first kappa shape index (κ1) is 14.0.